The first-order valence-electron chi connectivity index (χ1n) is 4.39. The summed E-state index contributed by atoms with van der Waals surface area (Å²) in [5, 5.41) is 10.8. The van der Waals surface area contributed by atoms with Gasteiger partial charge in [-0.2, -0.15) is 0 Å². The van der Waals surface area contributed by atoms with E-state index in [1.54, 1.807) is 0 Å². The molecule has 0 fully saturated rings. The highest BCUT2D eigenvalue weighted by atomic mass is 19.1. The molecular formula is C10H9F2NO3. The second kappa shape index (κ2) is 4.69. The molecule has 1 rings (SSSR count). The lowest BCUT2D eigenvalue weighted by atomic mass is 10.0. The Morgan fingerprint density at radius 3 is 2.31 bits per heavy atom. The van der Waals surface area contributed by atoms with Crippen LogP contribution in [0.2, 0.25) is 0 Å². The second-order valence-corrected chi connectivity index (χ2v) is 3.17. The Morgan fingerprint density at radius 1 is 1.44 bits per heavy atom. The van der Waals surface area contributed by atoms with Gasteiger partial charge in [0.1, 0.15) is 17.2 Å². The molecule has 0 aromatic heterocycles. The lowest BCUT2D eigenvalue weighted by Crippen LogP contribution is -2.17. The van der Waals surface area contributed by atoms with Gasteiger partial charge >= 0.3 is 5.97 Å². The molecule has 1 aromatic carbocycles. The molecule has 1 amide bonds. The molecule has 0 heterocycles. The van der Waals surface area contributed by atoms with Crippen LogP contribution in [0.4, 0.5) is 8.78 Å². The van der Waals surface area contributed by atoms with Gasteiger partial charge in [-0.15, -0.1) is 0 Å². The van der Waals surface area contributed by atoms with Crippen LogP contribution in [0.5, 0.6) is 0 Å². The fourth-order valence-corrected chi connectivity index (χ4v) is 1.25. The molecule has 2 N–H and O–H groups in total. The van der Waals surface area contributed by atoms with E-state index in [1.807, 2.05) is 0 Å². The fraction of sp³-hybridized carbons (Fsp3) is 0.200. The van der Waals surface area contributed by atoms with Crippen LogP contribution in [-0.2, 0) is 4.79 Å². The molecule has 16 heavy (non-hydrogen) atoms. The van der Waals surface area contributed by atoms with Crippen molar-refractivity contribution >= 4 is 12.4 Å². The Bertz CT molecular complexity index is 411. The number of rotatable bonds is 4. The zero-order chi connectivity index (χ0) is 12.3. The monoisotopic (exact) mass is 229 g/mol. The van der Waals surface area contributed by atoms with Crippen molar-refractivity contribution in [3.05, 3.63) is 34.9 Å². The smallest absolute Gasteiger partial charge is 0.341 e. The number of carbonyl (C=O) groups is 2. The number of hydrogen-bond acceptors (Lipinski definition) is 2. The van der Waals surface area contributed by atoms with E-state index in [9.17, 15) is 18.4 Å². The summed E-state index contributed by atoms with van der Waals surface area (Å²) in [5.41, 5.74) is -0.839. The topological polar surface area (TPSA) is 66.4 Å². The fourth-order valence-electron chi connectivity index (χ4n) is 1.25. The molecule has 0 bridgehead atoms. The van der Waals surface area contributed by atoms with Gasteiger partial charge in [0, 0.05) is 0 Å². The van der Waals surface area contributed by atoms with Crippen molar-refractivity contribution < 1.29 is 23.5 Å². The lowest BCUT2D eigenvalue weighted by molar-refractivity contribution is -0.110. The van der Waals surface area contributed by atoms with Gasteiger partial charge in [0.2, 0.25) is 6.41 Å². The lowest BCUT2D eigenvalue weighted by Gasteiger charge is -2.11. The summed E-state index contributed by atoms with van der Waals surface area (Å²) in [6.45, 7) is 1.52. The van der Waals surface area contributed by atoms with Gasteiger partial charge < -0.3 is 10.4 Å². The van der Waals surface area contributed by atoms with Gasteiger partial charge in [0.25, 0.3) is 0 Å². The highest BCUT2D eigenvalue weighted by Crippen LogP contribution is 2.20. The minimum atomic E-state index is -1.67. The molecule has 0 spiro atoms. The predicted molar refractivity (Wildman–Crippen MR) is 50.9 cm³/mol. The number of benzene rings is 1. The highest BCUT2D eigenvalue weighted by Gasteiger charge is 2.19. The van der Waals surface area contributed by atoms with Crippen LogP contribution in [0, 0.1) is 11.6 Å². The largest absolute Gasteiger partial charge is 0.477 e. The van der Waals surface area contributed by atoms with E-state index in [2.05, 4.69) is 5.32 Å². The SMILES string of the molecule is CC(NC=O)c1cc(F)c(C(=O)O)c(F)c1. The van der Waals surface area contributed by atoms with Crippen LogP contribution in [0.3, 0.4) is 0 Å². The number of carboxylic acid groups (broad SMARTS) is 1. The average Bonchev–Trinajstić information content (AvgIpc) is 2.16. The highest BCUT2D eigenvalue weighted by molar-refractivity contribution is 5.88. The number of aromatic carboxylic acids is 1. The number of halogens is 2. The van der Waals surface area contributed by atoms with Crippen molar-refractivity contribution in [2.24, 2.45) is 0 Å². The van der Waals surface area contributed by atoms with E-state index in [0.717, 1.165) is 12.1 Å². The summed E-state index contributed by atoms with van der Waals surface area (Å²) < 4.78 is 26.5. The first-order valence-corrected chi connectivity index (χ1v) is 4.39. The number of hydrogen-bond donors (Lipinski definition) is 2. The van der Waals surface area contributed by atoms with Crippen molar-refractivity contribution in [3.8, 4) is 0 Å². The van der Waals surface area contributed by atoms with Crippen LogP contribution in [0.15, 0.2) is 12.1 Å². The molecule has 0 radical (unpaired) electrons. The third kappa shape index (κ3) is 2.33. The van der Waals surface area contributed by atoms with E-state index in [0.29, 0.717) is 6.41 Å². The minimum absolute atomic E-state index is 0.159. The summed E-state index contributed by atoms with van der Waals surface area (Å²) in [7, 11) is 0. The Kier molecular flexibility index (Phi) is 3.55. The molecule has 0 aliphatic heterocycles. The van der Waals surface area contributed by atoms with Crippen molar-refractivity contribution in [1.82, 2.24) is 5.32 Å². The number of nitrogens with one attached hydrogen (secondary N) is 1. The standard InChI is InChI=1S/C10H9F2NO3/c1-5(13-4-14)6-2-7(11)9(10(15)16)8(12)3-6/h2-5H,1H3,(H,13,14)(H,15,16). The molecule has 0 saturated carbocycles. The summed E-state index contributed by atoms with van der Waals surface area (Å²) in [5.74, 6) is -4.00. The Hall–Kier alpha value is -1.98. The van der Waals surface area contributed by atoms with Crippen LogP contribution < -0.4 is 5.32 Å². The number of amides is 1. The first kappa shape index (κ1) is 12.1. The summed E-state index contributed by atoms with van der Waals surface area (Å²) >= 11 is 0. The zero-order valence-corrected chi connectivity index (χ0v) is 8.33. The third-order valence-corrected chi connectivity index (χ3v) is 2.10. The van der Waals surface area contributed by atoms with Gasteiger partial charge in [-0.1, -0.05) is 0 Å². The van der Waals surface area contributed by atoms with E-state index in [1.165, 1.54) is 6.92 Å². The summed E-state index contributed by atoms with van der Waals surface area (Å²) in [4.78, 5) is 20.6. The van der Waals surface area contributed by atoms with Gasteiger partial charge in [-0.05, 0) is 24.6 Å². The molecule has 0 saturated heterocycles. The van der Waals surface area contributed by atoms with Gasteiger partial charge in [0.15, 0.2) is 0 Å². The maximum atomic E-state index is 13.2. The molecule has 0 aliphatic carbocycles. The van der Waals surface area contributed by atoms with Crippen molar-refractivity contribution in [1.29, 1.82) is 0 Å². The quantitative estimate of drug-likeness (QED) is 0.768. The van der Waals surface area contributed by atoms with E-state index < -0.39 is 29.2 Å². The molecule has 1 unspecified atom stereocenters. The second-order valence-electron chi connectivity index (χ2n) is 3.17. The molecule has 86 valence electrons. The molecule has 6 heteroatoms. The number of carbonyl (C=O) groups excluding carboxylic acids is 1. The maximum Gasteiger partial charge on any atom is 0.341 e. The van der Waals surface area contributed by atoms with Crippen LogP contribution in [0.25, 0.3) is 0 Å². The van der Waals surface area contributed by atoms with Gasteiger partial charge in [0.05, 0.1) is 6.04 Å². The Balaban J connectivity index is 3.19. The van der Waals surface area contributed by atoms with Gasteiger partial charge in [-0.25, -0.2) is 13.6 Å². The normalized spacial score (nSPS) is 11.9. The molecule has 0 aliphatic rings. The Morgan fingerprint density at radius 2 is 1.94 bits per heavy atom. The molecule has 1 atom stereocenters. The van der Waals surface area contributed by atoms with E-state index in [-0.39, 0.29) is 5.56 Å². The maximum absolute atomic E-state index is 13.2. The van der Waals surface area contributed by atoms with Gasteiger partial charge in [-0.3, -0.25) is 4.79 Å². The van der Waals surface area contributed by atoms with Crippen molar-refractivity contribution in [3.63, 3.8) is 0 Å². The van der Waals surface area contributed by atoms with Crippen LogP contribution in [0.1, 0.15) is 28.9 Å². The third-order valence-electron chi connectivity index (χ3n) is 2.10. The summed E-state index contributed by atoms with van der Waals surface area (Å²) in [6, 6.07) is 1.17. The first-order chi connectivity index (χ1) is 7.47. The van der Waals surface area contributed by atoms with Crippen LogP contribution in [-0.4, -0.2) is 17.5 Å². The predicted octanol–water partition coefficient (Wildman–Crippen LogP) is 1.47. The average molecular weight is 229 g/mol. The zero-order valence-electron chi connectivity index (χ0n) is 8.33. The molecule has 1 aromatic rings. The Labute approximate surface area is 89.9 Å². The number of carboxylic acids is 1. The van der Waals surface area contributed by atoms with E-state index in [4.69, 9.17) is 5.11 Å². The summed E-state index contributed by atoms with van der Waals surface area (Å²) in [6.07, 6.45) is 0.394. The molecular weight excluding hydrogens is 220 g/mol. The van der Waals surface area contributed by atoms with Crippen LogP contribution >= 0.6 is 0 Å². The van der Waals surface area contributed by atoms with Crippen molar-refractivity contribution in [2.75, 3.05) is 0 Å². The molecule has 4 nitrogen and oxygen atoms in total. The van der Waals surface area contributed by atoms with Crippen molar-refractivity contribution in [2.45, 2.75) is 13.0 Å². The van der Waals surface area contributed by atoms with E-state index >= 15 is 0 Å². The minimum Gasteiger partial charge on any atom is -0.477 e.